The van der Waals surface area contributed by atoms with Crippen molar-refractivity contribution in [2.45, 2.75) is 38.0 Å². The van der Waals surface area contributed by atoms with Crippen molar-refractivity contribution in [3.8, 4) is 0 Å². The molecule has 1 amide bonds. The summed E-state index contributed by atoms with van der Waals surface area (Å²) in [5.74, 6) is 1.23. The molecular weight excluding hydrogens is 402 g/mol. The quantitative estimate of drug-likeness (QED) is 0.665. The highest BCUT2D eigenvalue weighted by atomic mass is 16.5. The van der Waals surface area contributed by atoms with Crippen molar-refractivity contribution in [3.05, 3.63) is 70.8 Å². The summed E-state index contributed by atoms with van der Waals surface area (Å²) in [5, 5.41) is 0.965. The summed E-state index contributed by atoms with van der Waals surface area (Å²) in [6, 6.07) is 16.5. The van der Waals surface area contributed by atoms with Gasteiger partial charge < -0.3 is 20.1 Å². The standard InChI is InChI=1S/C26H27N3O3/c1-15-24-21(14-32-15)18-11-17(7-8-22(18)28-25(24)27)26(30)29-12-19(16-5-3-2-4-6-16)20-13-31-10-9-23(20)29/h2-8,11,15,19-20,23H,9-10,12-14H2,1H3,(H2,27,28)/t15-,19-,20-,23+/m1/s1. The molecule has 2 saturated heterocycles. The summed E-state index contributed by atoms with van der Waals surface area (Å²) in [6.07, 6.45) is 0.807. The Morgan fingerprint density at radius 3 is 2.88 bits per heavy atom. The van der Waals surface area contributed by atoms with Crippen molar-refractivity contribution in [2.24, 2.45) is 5.92 Å². The van der Waals surface area contributed by atoms with Crippen LogP contribution in [0.3, 0.4) is 0 Å². The van der Waals surface area contributed by atoms with Gasteiger partial charge in [-0.15, -0.1) is 0 Å². The number of nitrogens with two attached hydrogens (primary N) is 1. The molecule has 2 aromatic carbocycles. The SMILES string of the molecule is C[C@H]1OCc2c1c(N)nc1ccc(C(=O)N3C[C@H](c4ccccc4)[C@H]4COCC[C@@H]43)cc21. The number of pyridine rings is 1. The second-order valence-electron chi connectivity index (χ2n) is 9.14. The van der Waals surface area contributed by atoms with Gasteiger partial charge in [0.2, 0.25) is 0 Å². The highest BCUT2D eigenvalue weighted by Gasteiger charge is 2.46. The summed E-state index contributed by atoms with van der Waals surface area (Å²) in [7, 11) is 0. The number of likely N-dealkylation sites (tertiary alicyclic amines) is 1. The van der Waals surface area contributed by atoms with Crippen molar-refractivity contribution in [3.63, 3.8) is 0 Å². The Balaban J connectivity index is 1.37. The second-order valence-corrected chi connectivity index (χ2v) is 9.14. The number of nitrogen functional groups attached to an aromatic ring is 1. The zero-order valence-corrected chi connectivity index (χ0v) is 18.2. The fourth-order valence-corrected chi connectivity index (χ4v) is 5.85. The van der Waals surface area contributed by atoms with Crippen molar-refractivity contribution >= 4 is 22.6 Å². The molecule has 164 valence electrons. The molecule has 6 nitrogen and oxygen atoms in total. The van der Waals surface area contributed by atoms with Gasteiger partial charge in [-0.25, -0.2) is 4.98 Å². The molecule has 0 radical (unpaired) electrons. The summed E-state index contributed by atoms with van der Waals surface area (Å²) in [6.45, 7) is 4.62. The van der Waals surface area contributed by atoms with Gasteiger partial charge in [-0.3, -0.25) is 4.79 Å². The second kappa shape index (κ2) is 7.57. The van der Waals surface area contributed by atoms with E-state index in [1.165, 1.54) is 5.56 Å². The number of hydrogen-bond donors (Lipinski definition) is 1. The van der Waals surface area contributed by atoms with Crippen molar-refractivity contribution in [2.75, 3.05) is 25.5 Å². The highest BCUT2D eigenvalue weighted by molar-refractivity contribution is 5.99. The predicted molar refractivity (Wildman–Crippen MR) is 122 cm³/mol. The van der Waals surface area contributed by atoms with Crippen molar-refractivity contribution in [1.82, 2.24) is 9.88 Å². The largest absolute Gasteiger partial charge is 0.383 e. The third-order valence-corrected chi connectivity index (χ3v) is 7.46. The van der Waals surface area contributed by atoms with E-state index in [1.807, 2.05) is 31.2 Å². The smallest absolute Gasteiger partial charge is 0.254 e. The van der Waals surface area contributed by atoms with E-state index in [4.69, 9.17) is 15.2 Å². The molecule has 4 atom stereocenters. The average Bonchev–Trinajstić information content (AvgIpc) is 3.41. The first-order chi connectivity index (χ1) is 15.6. The first-order valence-electron chi connectivity index (χ1n) is 11.4. The number of fused-ring (bicyclic) bond motifs is 4. The molecule has 4 heterocycles. The lowest BCUT2D eigenvalue weighted by Gasteiger charge is -2.32. The van der Waals surface area contributed by atoms with E-state index in [0.29, 0.717) is 43.0 Å². The van der Waals surface area contributed by atoms with Gasteiger partial charge >= 0.3 is 0 Å². The van der Waals surface area contributed by atoms with E-state index < -0.39 is 0 Å². The molecule has 0 saturated carbocycles. The average molecular weight is 430 g/mol. The van der Waals surface area contributed by atoms with Crippen LogP contribution in [0.4, 0.5) is 5.82 Å². The third-order valence-electron chi connectivity index (χ3n) is 7.46. The van der Waals surface area contributed by atoms with Crippen LogP contribution in [0.15, 0.2) is 48.5 Å². The van der Waals surface area contributed by atoms with Crippen LogP contribution >= 0.6 is 0 Å². The number of hydrogen-bond acceptors (Lipinski definition) is 5. The number of carbonyl (C=O) groups is 1. The van der Waals surface area contributed by atoms with Crippen LogP contribution < -0.4 is 5.73 Å². The molecule has 6 rings (SSSR count). The van der Waals surface area contributed by atoms with E-state index >= 15 is 0 Å². The Bertz CT molecular complexity index is 1200. The summed E-state index contributed by atoms with van der Waals surface area (Å²) < 4.78 is 11.6. The number of carbonyl (C=O) groups excluding carboxylic acids is 1. The van der Waals surface area contributed by atoms with Crippen LogP contribution in [0.1, 0.15) is 52.4 Å². The van der Waals surface area contributed by atoms with Crippen LogP contribution in [-0.2, 0) is 16.1 Å². The van der Waals surface area contributed by atoms with Gasteiger partial charge in [0.1, 0.15) is 5.82 Å². The molecule has 0 bridgehead atoms. The fraction of sp³-hybridized carbons (Fsp3) is 0.385. The number of aromatic nitrogens is 1. The van der Waals surface area contributed by atoms with E-state index in [0.717, 1.165) is 35.0 Å². The molecule has 32 heavy (non-hydrogen) atoms. The number of rotatable bonds is 2. The minimum atomic E-state index is -0.0746. The molecule has 1 aromatic heterocycles. The summed E-state index contributed by atoms with van der Waals surface area (Å²) >= 11 is 0. The zero-order chi connectivity index (χ0) is 21.8. The van der Waals surface area contributed by atoms with Gasteiger partial charge in [0.15, 0.2) is 0 Å². The molecule has 3 aliphatic rings. The Morgan fingerprint density at radius 1 is 1.19 bits per heavy atom. The van der Waals surface area contributed by atoms with E-state index in [-0.39, 0.29) is 18.1 Å². The lowest BCUT2D eigenvalue weighted by atomic mass is 9.84. The maximum Gasteiger partial charge on any atom is 0.254 e. The van der Waals surface area contributed by atoms with Gasteiger partial charge in [-0.05, 0) is 42.7 Å². The fourth-order valence-electron chi connectivity index (χ4n) is 5.85. The molecular formula is C26H27N3O3. The van der Waals surface area contributed by atoms with Crippen LogP contribution in [0.5, 0.6) is 0 Å². The molecule has 0 unspecified atom stereocenters. The zero-order valence-electron chi connectivity index (χ0n) is 18.2. The lowest BCUT2D eigenvalue weighted by molar-refractivity contribution is 0.0189. The topological polar surface area (TPSA) is 77.7 Å². The number of amides is 1. The van der Waals surface area contributed by atoms with Crippen LogP contribution in [0.25, 0.3) is 10.9 Å². The molecule has 2 fully saturated rings. The Labute approximate surface area is 187 Å². The molecule has 6 heteroatoms. The number of ether oxygens (including phenoxy) is 2. The highest BCUT2D eigenvalue weighted by Crippen LogP contribution is 2.42. The summed E-state index contributed by atoms with van der Waals surface area (Å²) in [5.41, 5.74) is 11.0. The molecule has 0 spiro atoms. The normalized spacial score (nSPS) is 26.8. The molecule has 3 aliphatic heterocycles. The number of benzene rings is 2. The first kappa shape index (κ1) is 19.7. The molecule has 0 aliphatic carbocycles. The Morgan fingerprint density at radius 2 is 2.03 bits per heavy atom. The first-order valence-corrected chi connectivity index (χ1v) is 11.4. The Hall–Kier alpha value is -2.96. The number of anilines is 1. The monoisotopic (exact) mass is 429 g/mol. The van der Waals surface area contributed by atoms with Gasteiger partial charge in [0, 0.05) is 47.5 Å². The number of nitrogens with zero attached hydrogens (tertiary/aromatic N) is 2. The maximum absolute atomic E-state index is 13.8. The summed E-state index contributed by atoms with van der Waals surface area (Å²) in [4.78, 5) is 20.4. The van der Waals surface area contributed by atoms with Crippen LogP contribution in [-0.4, -0.2) is 41.6 Å². The van der Waals surface area contributed by atoms with Crippen molar-refractivity contribution < 1.29 is 14.3 Å². The van der Waals surface area contributed by atoms with Gasteiger partial charge in [-0.2, -0.15) is 0 Å². The van der Waals surface area contributed by atoms with E-state index in [9.17, 15) is 4.79 Å². The van der Waals surface area contributed by atoms with Gasteiger partial charge in [-0.1, -0.05) is 30.3 Å². The van der Waals surface area contributed by atoms with Gasteiger partial charge in [0.25, 0.3) is 5.91 Å². The molecule has 2 N–H and O–H groups in total. The predicted octanol–water partition coefficient (Wildman–Crippen LogP) is 4.05. The lowest BCUT2D eigenvalue weighted by Crippen LogP contribution is -2.42. The van der Waals surface area contributed by atoms with Crippen LogP contribution in [0.2, 0.25) is 0 Å². The minimum absolute atomic E-state index is 0.0746. The Kier molecular flexibility index (Phi) is 4.66. The third kappa shape index (κ3) is 3.01. The van der Waals surface area contributed by atoms with Crippen molar-refractivity contribution in [1.29, 1.82) is 0 Å². The van der Waals surface area contributed by atoms with Gasteiger partial charge in [0.05, 0.1) is 24.8 Å². The minimum Gasteiger partial charge on any atom is -0.383 e. The van der Waals surface area contributed by atoms with E-state index in [2.05, 4.69) is 34.1 Å². The molecule has 3 aromatic rings. The van der Waals surface area contributed by atoms with Crippen LogP contribution in [0, 0.1) is 5.92 Å². The maximum atomic E-state index is 13.8. The van der Waals surface area contributed by atoms with E-state index in [1.54, 1.807) is 0 Å².